The van der Waals surface area contributed by atoms with Gasteiger partial charge in [-0.2, -0.15) is 0 Å². The number of rotatable bonds is 49. The second-order valence-electron chi connectivity index (χ2n) is 17.4. The van der Waals surface area contributed by atoms with Gasteiger partial charge in [0.05, 0.1) is 13.2 Å². The van der Waals surface area contributed by atoms with Gasteiger partial charge in [-0.15, -0.1) is 0 Å². The molecule has 0 aliphatic heterocycles. The third-order valence-corrected chi connectivity index (χ3v) is 12.2. The molecule has 0 rings (SSSR count). The topological polar surface area (TPSA) is 134 Å². The lowest BCUT2D eigenvalue weighted by Crippen LogP contribution is -2.29. The maximum Gasteiger partial charge on any atom is 0.472 e. The van der Waals surface area contributed by atoms with Crippen molar-refractivity contribution in [2.75, 3.05) is 26.4 Å². The van der Waals surface area contributed by atoms with Gasteiger partial charge < -0.3 is 20.1 Å². The number of nitrogens with two attached hydrogens (primary N) is 1. The molecule has 0 aromatic heterocycles. The number of carbonyl (C=O) groups is 2. The van der Waals surface area contributed by atoms with Gasteiger partial charge in [0.2, 0.25) is 0 Å². The van der Waals surface area contributed by atoms with Gasteiger partial charge >= 0.3 is 19.8 Å². The van der Waals surface area contributed by atoms with E-state index in [4.69, 9.17) is 24.3 Å². The Balaban J connectivity index is 3.96. The third-order valence-electron chi connectivity index (χ3n) is 11.2. The number of phosphoric acid groups is 1. The standard InChI is InChI=1S/C53H98NO8P/c1-3-5-7-9-11-13-15-17-19-20-21-22-23-24-25-26-27-28-29-30-32-33-35-37-39-41-43-45-52(55)59-49-51(50-61-63(57,58)60-48-47-54)62-53(56)46-44-42-40-38-36-34-31-18-16-14-12-10-8-6-4-2/h6,8,12,14,18,31,36,38,51H,3-5,7,9-11,13,15-17,19-30,32-35,37,39-50,54H2,1-2H3,(H,57,58)/b8-6-,14-12-,31-18-,38-36-. The summed E-state index contributed by atoms with van der Waals surface area (Å²) < 4.78 is 32.8. The zero-order valence-corrected chi connectivity index (χ0v) is 41.7. The fourth-order valence-corrected chi connectivity index (χ4v) is 8.16. The fraction of sp³-hybridized carbons (Fsp3) is 0.811. The molecule has 0 spiro atoms. The first-order valence-corrected chi connectivity index (χ1v) is 27.6. The first-order valence-electron chi connectivity index (χ1n) is 26.1. The molecule has 0 aliphatic carbocycles. The highest BCUT2D eigenvalue weighted by Crippen LogP contribution is 2.43. The summed E-state index contributed by atoms with van der Waals surface area (Å²) in [4.78, 5) is 35.0. The number of carbonyl (C=O) groups excluding carboxylic acids is 2. The van der Waals surface area contributed by atoms with E-state index >= 15 is 0 Å². The lowest BCUT2D eigenvalue weighted by atomic mass is 10.0. The fourth-order valence-electron chi connectivity index (χ4n) is 7.39. The predicted molar refractivity (Wildman–Crippen MR) is 266 cm³/mol. The highest BCUT2D eigenvalue weighted by molar-refractivity contribution is 7.47. The van der Waals surface area contributed by atoms with Crippen molar-refractivity contribution < 1.29 is 37.6 Å². The molecule has 3 N–H and O–H groups in total. The van der Waals surface area contributed by atoms with Crippen molar-refractivity contribution >= 4 is 19.8 Å². The minimum Gasteiger partial charge on any atom is -0.462 e. The summed E-state index contributed by atoms with van der Waals surface area (Å²) in [5.41, 5.74) is 5.36. The molecule has 2 unspecified atom stereocenters. The van der Waals surface area contributed by atoms with Crippen LogP contribution in [0.3, 0.4) is 0 Å². The Morgan fingerprint density at radius 2 is 0.873 bits per heavy atom. The molecule has 2 atom stereocenters. The molecule has 0 fully saturated rings. The van der Waals surface area contributed by atoms with Gasteiger partial charge in [-0.25, -0.2) is 4.57 Å². The molecule has 9 nitrogen and oxygen atoms in total. The lowest BCUT2D eigenvalue weighted by Gasteiger charge is -2.19. The summed E-state index contributed by atoms with van der Waals surface area (Å²) in [6.45, 7) is 3.60. The Kier molecular flexibility index (Phi) is 47.8. The summed E-state index contributed by atoms with van der Waals surface area (Å²) in [6, 6.07) is 0. The van der Waals surface area contributed by atoms with Crippen LogP contribution < -0.4 is 5.73 Å². The van der Waals surface area contributed by atoms with Crippen molar-refractivity contribution in [1.29, 1.82) is 0 Å². The summed E-state index contributed by atoms with van der Waals surface area (Å²) in [7, 11) is -4.39. The maximum absolute atomic E-state index is 12.6. The molecular weight excluding hydrogens is 810 g/mol. The minimum absolute atomic E-state index is 0.0461. The summed E-state index contributed by atoms with van der Waals surface area (Å²) in [5.74, 6) is -0.869. The largest absolute Gasteiger partial charge is 0.472 e. The first kappa shape index (κ1) is 61.0. The average Bonchev–Trinajstić information content (AvgIpc) is 3.27. The Bertz CT molecular complexity index is 1170. The van der Waals surface area contributed by atoms with Crippen LogP contribution in [0, 0.1) is 0 Å². The predicted octanol–water partition coefficient (Wildman–Crippen LogP) is 15.8. The van der Waals surface area contributed by atoms with Gasteiger partial charge in [0, 0.05) is 19.4 Å². The molecule has 0 amide bonds. The monoisotopic (exact) mass is 908 g/mol. The van der Waals surface area contributed by atoms with E-state index in [-0.39, 0.29) is 38.6 Å². The molecular formula is C53H98NO8P. The SMILES string of the molecule is CC/C=C\C/C=C\C/C=C\C/C=C\CCCCC(=O)OC(COC(=O)CCCCCCCCCCCCCCCCCCCCCCCCCCCCC)COP(=O)(O)OCCN. The molecule has 0 saturated heterocycles. The average molecular weight is 908 g/mol. The summed E-state index contributed by atoms with van der Waals surface area (Å²) in [6.07, 6.45) is 58.9. The number of unbranched alkanes of at least 4 members (excludes halogenated alkanes) is 28. The molecule has 0 bridgehead atoms. The first-order chi connectivity index (χ1) is 30.8. The molecule has 0 aromatic rings. The van der Waals surface area contributed by atoms with Crippen LogP contribution in [0.2, 0.25) is 0 Å². The highest BCUT2D eigenvalue weighted by Gasteiger charge is 2.26. The zero-order chi connectivity index (χ0) is 46.0. The zero-order valence-electron chi connectivity index (χ0n) is 40.8. The lowest BCUT2D eigenvalue weighted by molar-refractivity contribution is -0.161. The van der Waals surface area contributed by atoms with E-state index < -0.39 is 26.5 Å². The number of hydrogen-bond acceptors (Lipinski definition) is 8. The van der Waals surface area contributed by atoms with E-state index in [0.29, 0.717) is 6.42 Å². The van der Waals surface area contributed by atoms with Crippen LogP contribution >= 0.6 is 7.82 Å². The Hall–Kier alpha value is -2.03. The molecule has 0 saturated carbocycles. The number of phosphoric ester groups is 1. The van der Waals surface area contributed by atoms with E-state index in [0.717, 1.165) is 57.8 Å². The molecule has 368 valence electrons. The van der Waals surface area contributed by atoms with Gasteiger partial charge in [-0.05, 0) is 51.4 Å². The molecule has 0 radical (unpaired) electrons. The second kappa shape index (κ2) is 49.4. The van der Waals surface area contributed by atoms with Crippen molar-refractivity contribution in [2.45, 2.75) is 251 Å². The van der Waals surface area contributed by atoms with Gasteiger partial charge in [0.15, 0.2) is 6.10 Å². The van der Waals surface area contributed by atoms with Crippen LogP contribution in [-0.2, 0) is 32.7 Å². The van der Waals surface area contributed by atoms with Crippen molar-refractivity contribution in [3.63, 3.8) is 0 Å². The molecule has 0 aromatic carbocycles. The highest BCUT2D eigenvalue weighted by atomic mass is 31.2. The van der Waals surface area contributed by atoms with E-state index in [2.05, 4.69) is 62.5 Å². The van der Waals surface area contributed by atoms with Crippen LogP contribution in [0.25, 0.3) is 0 Å². The molecule has 10 heteroatoms. The Labute approximate surface area is 387 Å². The second-order valence-corrected chi connectivity index (χ2v) is 18.8. The van der Waals surface area contributed by atoms with E-state index in [1.807, 2.05) is 0 Å². The molecule has 0 heterocycles. The van der Waals surface area contributed by atoms with E-state index in [1.54, 1.807) is 0 Å². The number of allylic oxidation sites excluding steroid dienone is 8. The van der Waals surface area contributed by atoms with Gasteiger partial charge in [0.25, 0.3) is 0 Å². The van der Waals surface area contributed by atoms with Crippen LogP contribution in [0.1, 0.15) is 245 Å². The minimum atomic E-state index is -4.39. The van der Waals surface area contributed by atoms with Gasteiger partial charge in [-0.1, -0.05) is 229 Å². The van der Waals surface area contributed by atoms with Crippen LogP contribution in [0.5, 0.6) is 0 Å². The quantitative estimate of drug-likeness (QED) is 0.0265. The van der Waals surface area contributed by atoms with E-state index in [9.17, 15) is 19.0 Å². The molecule has 63 heavy (non-hydrogen) atoms. The molecule has 0 aliphatic rings. The van der Waals surface area contributed by atoms with Crippen molar-refractivity contribution in [2.24, 2.45) is 5.73 Å². The Morgan fingerprint density at radius 1 is 0.492 bits per heavy atom. The van der Waals surface area contributed by atoms with E-state index in [1.165, 1.54) is 154 Å². The smallest absolute Gasteiger partial charge is 0.462 e. The summed E-state index contributed by atoms with van der Waals surface area (Å²) >= 11 is 0. The summed E-state index contributed by atoms with van der Waals surface area (Å²) in [5, 5.41) is 0. The number of ether oxygens (including phenoxy) is 2. The van der Waals surface area contributed by atoms with Crippen LogP contribution in [0.4, 0.5) is 0 Å². The van der Waals surface area contributed by atoms with Gasteiger partial charge in [0.1, 0.15) is 6.61 Å². The number of hydrogen-bond donors (Lipinski definition) is 2. The van der Waals surface area contributed by atoms with Crippen LogP contribution in [0.15, 0.2) is 48.6 Å². The maximum atomic E-state index is 12.6. The van der Waals surface area contributed by atoms with Crippen molar-refractivity contribution in [3.8, 4) is 0 Å². The third kappa shape index (κ3) is 49.2. The van der Waals surface area contributed by atoms with Crippen LogP contribution in [-0.4, -0.2) is 49.3 Å². The van der Waals surface area contributed by atoms with Crippen molar-refractivity contribution in [1.82, 2.24) is 0 Å². The normalized spacial score (nSPS) is 13.5. The number of esters is 2. The van der Waals surface area contributed by atoms with Gasteiger partial charge in [-0.3, -0.25) is 18.6 Å². The Morgan fingerprint density at radius 3 is 1.30 bits per heavy atom. The van der Waals surface area contributed by atoms with Crippen molar-refractivity contribution in [3.05, 3.63) is 48.6 Å².